The number of pyridine rings is 2. The Kier molecular flexibility index (Phi) is 5.37. The molecule has 0 radical (unpaired) electrons. The van der Waals surface area contributed by atoms with Crippen LogP contribution in [0.25, 0.3) is 22.2 Å². The van der Waals surface area contributed by atoms with Crippen LogP contribution in [0.4, 0.5) is 10.6 Å². The smallest absolute Gasteiger partial charge is 0.356 e. The number of H-pyrrole nitrogens is 1. The molecule has 150 valence electrons. The molecule has 0 bridgehead atoms. The first-order valence-corrected chi connectivity index (χ1v) is 9.69. The van der Waals surface area contributed by atoms with Crippen LogP contribution in [-0.4, -0.2) is 44.8 Å². The van der Waals surface area contributed by atoms with Crippen molar-refractivity contribution in [2.45, 2.75) is 38.6 Å². The minimum Gasteiger partial charge on any atom is -0.461 e. The van der Waals surface area contributed by atoms with Gasteiger partial charge in [0.15, 0.2) is 5.69 Å². The molecule has 1 saturated carbocycles. The van der Waals surface area contributed by atoms with Crippen molar-refractivity contribution in [3.8, 4) is 11.1 Å². The number of aromatic amines is 1. The molecule has 3 heterocycles. The van der Waals surface area contributed by atoms with Crippen LogP contribution in [0.15, 0.2) is 30.6 Å². The first-order valence-electron chi connectivity index (χ1n) is 9.69. The summed E-state index contributed by atoms with van der Waals surface area (Å²) in [4.78, 5) is 33.2. The molecule has 0 aliphatic heterocycles. The maximum Gasteiger partial charge on any atom is 0.356 e. The number of carbonyl (C=O) groups is 2. The topological polar surface area (TPSA) is 122 Å². The number of carbonyl (C=O) groups excluding carboxylic acids is 2. The maximum atomic E-state index is 12.2. The number of ether oxygens (including phenoxy) is 1. The second-order valence-electron chi connectivity index (χ2n) is 6.92. The van der Waals surface area contributed by atoms with E-state index >= 15 is 0 Å². The van der Waals surface area contributed by atoms with Gasteiger partial charge in [-0.3, -0.25) is 15.4 Å². The first kappa shape index (κ1) is 18.9. The van der Waals surface area contributed by atoms with Crippen molar-refractivity contribution < 1.29 is 14.3 Å². The first-order chi connectivity index (χ1) is 14.1. The van der Waals surface area contributed by atoms with E-state index in [9.17, 15) is 9.59 Å². The monoisotopic (exact) mass is 394 g/mol. The molecule has 3 aromatic rings. The van der Waals surface area contributed by atoms with Crippen molar-refractivity contribution in [3.05, 3.63) is 36.3 Å². The number of nitrogens with one attached hydrogen (secondary N) is 3. The van der Waals surface area contributed by atoms with Crippen LogP contribution in [0.3, 0.4) is 0 Å². The van der Waals surface area contributed by atoms with Gasteiger partial charge < -0.3 is 10.1 Å². The Morgan fingerprint density at radius 2 is 2.03 bits per heavy atom. The third-order valence-electron chi connectivity index (χ3n) is 4.90. The van der Waals surface area contributed by atoms with Crippen LogP contribution in [0, 0.1) is 0 Å². The Bertz CT molecular complexity index is 1040. The third-order valence-corrected chi connectivity index (χ3v) is 4.90. The van der Waals surface area contributed by atoms with E-state index in [-0.39, 0.29) is 24.4 Å². The average Bonchev–Trinajstić information content (AvgIpc) is 3.39. The van der Waals surface area contributed by atoms with Gasteiger partial charge in [-0.05, 0) is 38.0 Å². The quantitative estimate of drug-likeness (QED) is 0.571. The van der Waals surface area contributed by atoms with Crippen molar-refractivity contribution >= 4 is 28.9 Å². The number of aromatic nitrogens is 4. The fraction of sp³-hybridized carbons (Fsp3) is 0.350. The van der Waals surface area contributed by atoms with E-state index in [1.54, 1.807) is 37.5 Å². The Morgan fingerprint density at radius 1 is 1.21 bits per heavy atom. The molecule has 2 amide bonds. The highest BCUT2D eigenvalue weighted by atomic mass is 16.5. The molecule has 0 atom stereocenters. The number of fused-ring (bicyclic) bond motifs is 1. The predicted molar refractivity (Wildman–Crippen MR) is 107 cm³/mol. The number of rotatable bonds is 5. The molecule has 3 N–H and O–H groups in total. The van der Waals surface area contributed by atoms with E-state index in [1.165, 1.54) is 0 Å². The number of hydrogen-bond donors (Lipinski definition) is 3. The van der Waals surface area contributed by atoms with E-state index < -0.39 is 5.97 Å². The van der Waals surface area contributed by atoms with Crippen molar-refractivity contribution in [3.63, 3.8) is 0 Å². The molecule has 1 aliphatic carbocycles. The van der Waals surface area contributed by atoms with Crippen LogP contribution < -0.4 is 10.6 Å². The lowest BCUT2D eigenvalue weighted by Gasteiger charge is -2.12. The SMILES string of the molecule is CCOC(=O)c1[nH]ncc1-c1cnc2ccc(NC(=O)NC3CCCC3)nc2c1. The lowest BCUT2D eigenvalue weighted by atomic mass is 10.1. The number of hydrogen-bond acceptors (Lipinski definition) is 6. The molecule has 0 unspecified atom stereocenters. The number of amides is 2. The molecule has 4 rings (SSSR count). The zero-order valence-corrected chi connectivity index (χ0v) is 16.1. The number of esters is 1. The number of urea groups is 1. The van der Waals surface area contributed by atoms with E-state index in [2.05, 4.69) is 30.8 Å². The fourth-order valence-electron chi connectivity index (χ4n) is 3.50. The summed E-state index contributed by atoms with van der Waals surface area (Å²) in [5.41, 5.74) is 2.79. The summed E-state index contributed by atoms with van der Waals surface area (Å²) in [5, 5.41) is 12.4. The fourth-order valence-corrected chi connectivity index (χ4v) is 3.50. The van der Waals surface area contributed by atoms with Gasteiger partial charge in [-0.2, -0.15) is 5.10 Å². The summed E-state index contributed by atoms with van der Waals surface area (Å²) in [5.74, 6) is -0.0446. The van der Waals surface area contributed by atoms with Crippen molar-refractivity contribution in [1.29, 1.82) is 0 Å². The third kappa shape index (κ3) is 4.18. The van der Waals surface area contributed by atoms with Gasteiger partial charge in [0.1, 0.15) is 5.82 Å². The Balaban J connectivity index is 1.56. The van der Waals surface area contributed by atoms with Gasteiger partial charge in [-0.25, -0.2) is 14.6 Å². The lowest BCUT2D eigenvalue weighted by molar-refractivity contribution is 0.0520. The van der Waals surface area contributed by atoms with Crippen molar-refractivity contribution in [2.75, 3.05) is 11.9 Å². The van der Waals surface area contributed by atoms with Gasteiger partial charge >= 0.3 is 12.0 Å². The summed E-state index contributed by atoms with van der Waals surface area (Å²) in [7, 11) is 0. The maximum absolute atomic E-state index is 12.2. The summed E-state index contributed by atoms with van der Waals surface area (Å²) in [6.45, 7) is 2.01. The normalized spacial score (nSPS) is 14.1. The summed E-state index contributed by atoms with van der Waals surface area (Å²) in [6, 6.07) is 5.28. The zero-order valence-electron chi connectivity index (χ0n) is 16.1. The standard InChI is InChI=1S/C20H22N6O3/c1-2-29-19(27)18-14(11-22-26-18)12-9-16-15(21-10-12)7-8-17(24-16)25-20(28)23-13-5-3-4-6-13/h7-11,13H,2-6H2,1H3,(H,22,26)(H2,23,24,25,28). The zero-order chi connectivity index (χ0) is 20.2. The lowest BCUT2D eigenvalue weighted by Crippen LogP contribution is -2.36. The van der Waals surface area contributed by atoms with Crippen LogP contribution in [0.1, 0.15) is 43.1 Å². The van der Waals surface area contributed by atoms with Gasteiger partial charge in [-0.1, -0.05) is 12.8 Å². The molecule has 29 heavy (non-hydrogen) atoms. The molecular weight excluding hydrogens is 372 g/mol. The summed E-state index contributed by atoms with van der Waals surface area (Å²) >= 11 is 0. The molecule has 0 spiro atoms. The number of nitrogens with zero attached hydrogens (tertiary/aromatic N) is 3. The molecule has 9 heteroatoms. The Hall–Kier alpha value is -3.49. The highest BCUT2D eigenvalue weighted by molar-refractivity contribution is 5.96. The minimum absolute atomic E-state index is 0.228. The van der Waals surface area contributed by atoms with Gasteiger partial charge in [0, 0.05) is 23.4 Å². The number of anilines is 1. The minimum atomic E-state index is -0.480. The molecule has 1 fully saturated rings. The van der Waals surface area contributed by atoms with Crippen LogP contribution >= 0.6 is 0 Å². The van der Waals surface area contributed by atoms with E-state index in [0.717, 1.165) is 25.7 Å². The van der Waals surface area contributed by atoms with Crippen LogP contribution in [0.2, 0.25) is 0 Å². The van der Waals surface area contributed by atoms with E-state index in [4.69, 9.17) is 4.74 Å². The summed E-state index contributed by atoms with van der Waals surface area (Å²) in [6.07, 6.45) is 7.52. The predicted octanol–water partition coefficient (Wildman–Crippen LogP) is 3.26. The van der Waals surface area contributed by atoms with Crippen LogP contribution in [-0.2, 0) is 4.74 Å². The second kappa shape index (κ2) is 8.26. The van der Waals surface area contributed by atoms with E-state index in [1.807, 2.05) is 0 Å². The van der Waals surface area contributed by atoms with E-state index in [0.29, 0.717) is 28.0 Å². The van der Waals surface area contributed by atoms with Gasteiger partial charge in [0.05, 0.1) is 23.8 Å². The second-order valence-corrected chi connectivity index (χ2v) is 6.92. The van der Waals surface area contributed by atoms with Gasteiger partial charge in [0.2, 0.25) is 0 Å². The van der Waals surface area contributed by atoms with Gasteiger partial charge in [0.25, 0.3) is 0 Å². The molecule has 9 nitrogen and oxygen atoms in total. The molecule has 0 aromatic carbocycles. The van der Waals surface area contributed by atoms with Gasteiger partial charge in [-0.15, -0.1) is 0 Å². The molecule has 3 aromatic heterocycles. The summed E-state index contributed by atoms with van der Waals surface area (Å²) < 4.78 is 5.05. The Morgan fingerprint density at radius 3 is 2.83 bits per heavy atom. The molecular formula is C20H22N6O3. The molecule has 0 saturated heterocycles. The highest BCUT2D eigenvalue weighted by Crippen LogP contribution is 2.25. The Labute approximate surface area is 167 Å². The van der Waals surface area contributed by atoms with Crippen molar-refractivity contribution in [2.24, 2.45) is 0 Å². The van der Waals surface area contributed by atoms with Crippen LogP contribution in [0.5, 0.6) is 0 Å². The van der Waals surface area contributed by atoms with Crippen molar-refractivity contribution in [1.82, 2.24) is 25.5 Å². The molecule has 1 aliphatic rings. The highest BCUT2D eigenvalue weighted by Gasteiger charge is 2.18. The average molecular weight is 394 g/mol. The largest absolute Gasteiger partial charge is 0.461 e.